The number of nitrogens with one attached hydrogen (secondary N) is 1. The molecule has 116 valence electrons. The molecule has 5 heteroatoms. The number of hydrogen-bond donors (Lipinski definition) is 1. The summed E-state index contributed by atoms with van der Waals surface area (Å²) in [4.78, 5) is 12.1. The highest BCUT2D eigenvalue weighted by molar-refractivity contribution is 6.35. The predicted octanol–water partition coefficient (Wildman–Crippen LogP) is 4.52. The average molecular weight is 330 g/mol. The van der Waals surface area contributed by atoms with Crippen molar-refractivity contribution < 1.29 is 9.53 Å². The molecule has 3 nitrogen and oxygen atoms in total. The van der Waals surface area contributed by atoms with E-state index in [1.807, 2.05) is 0 Å². The van der Waals surface area contributed by atoms with E-state index in [9.17, 15) is 4.79 Å². The molecule has 0 amide bonds. The summed E-state index contributed by atoms with van der Waals surface area (Å²) in [6.07, 6.45) is 7.09. The van der Waals surface area contributed by atoms with E-state index in [-0.39, 0.29) is 5.97 Å². The molecule has 1 fully saturated rings. The Morgan fingerprint density at radius 1 is 1.24 bits per heavy atom. The van der Waals surface area contributed by atoms with E-state index in [1.54, 1.807) is 18.2 Å². The first kappa shape index (κ1) is 16.6. The van der Waals surface area contributed by atoms with Crippen LogP contribution in [0.25, 0.3) is 0 Å². The summed E-state index contributed by atoms with van der Waals surface area (Å²) >= 11 is 12.2. The summed E-state index contributed by atoms with van der Waals surface area (Å²) in [5.74, 6) is -0.316. The molecular weight excluding hydrogens is 309 g/mol. The second-order valence-corrected chi connectivity index (χ2v) is 6.32. The van der Waals surface area contributed by atoms with E-state index in [4.69, 9.17) is 27.9 Å². The molecule has 0 bridgehead atoms. The van der Waals surface area contributed by atoms with Gasteiger partial charge in [0.15, 0.2) is 0 Å². The average Bonchev–Trinajstić information content (AvgIpc) is 2.73. The zero-order chi connectivity index (χ0) is 15.2. The van der Waals surface area contributed by atoms with E-state index in [1.165, 1.54) is 32.8 Å². The molecule has 0 radical (unpaired) electrons. The molecule has 0 aliphatic heterocycles. The van der Waals surface area contributed by atoms with E-state index in [2.05, 4.69) is 5.32 Å². The molecule has 1 unspecified atom stereocenters. The molecule has 0 heterocycles. The molecule has 0 saturated heterocycles. The largest absolute Gasteiger partial charge is 0.468 e. The molecule has 21 heavy (non-hydrogen) atoms. The van der Waals surface area contributed by atoms with Gasteiger partial charge in [0.25, 0.3) is 0 Å². The van der Waals surface area contributed by atoms with Crippen molar-refractivity contribution in [3.8, 4) is 0 Å². The third kappa shape index (κ3) is 4.60. The van der Waals surface area contributed by atoms with Crippen LogP contribution in [0.5, 0.6) is 0 Å². The topological polar surface area (TPSA) is 38.3 Å². The molecule has 1 saturated carbocycles. The number of esters is 1. The molecule has 0 spiro atoms. The van der Waals surface area contributed by atoms with Gasteiger partial charge in [0.05, 0.1) is 7.11 Å². The summed E-state index contributed by atoms with van der Waals surface area (Å²) < 4.78 is 4.93. The van der Waals surface area contributed by atoms with Crippen molar-refractivity contribution in [3.05, 3.63) is 33.8 Å². The summed E-state index contributed by atoms with van der Waals surface area (Å²) in [5, 5.41) is 4.46. The predicted molar refractivity (Wildman–Crippen MR) is 85.8 cm³/mol. The van der Waals surface area contributed by atoms with Crippen molar-refractivity contribution in [2.24, 2.45) is 0 Å². The number of carbonyl (C=O) groups excluding carboxylic acids is 1. The van der Waals surface area contributed by atoms with Crippen LogP contribution in [0.1, 0.15) is 50.1 Å². The number of hydrogen-bond acceptors (Lipinski definition) is 3. The normalized spacial score (nSPS) is 18.0. The highest BCUT2D eigenvalue weighted by Crippen LogP contribution is 2.29. The molecule has 1 aromatic carbocycles. The van der Waals surface area contributed by atoms with Gasteiger partial charge in [-0.15, -0.1) is 0 Å². The smallest absolute Gasteiger partial charge is 0.327 e. The van der Waals surface area contributed by atoms with Gasteiger partial charge in [-0.2, -0.15) is 0 Å². The summed E-state index contributed by atoms with van der Waals surface area (Å²) in [5.41, 5.74) is 0.720. The first-order valence-corrected chi connectivity index (χ1v) is 8.16. The first-order valence-electron chi connectivity index (χ1n) is 7.40. The van der Waals surface area contributed by atoms with Crippen molar-refractivity contribution in [3.63, 3.8) is 0 Å². The van der Waals surface area contributed by atoms with Gasteiger partial charge in [-0.25, -0.2) is 4.79 Å². The first-order chi connectivity index (χ1) is 10.1. The van der Waals surface area contributed by atoms with Gasteiger partial charge in [0.1, 0.15) is 6.04 Å². The van der Waals surface area contributed by atoms with Gasteiger partial charge in [0.2, 0.25) is 0 Å². The maximum atomic E-state index is 12.1. The Morgan fingerprint density at radius 2 is 1.90 bits per heavy atom. The van der Waals surface area contributed by atoms with Crippen LogP contribution in [0.4, 0.5) is 0 Å². The standard InChI is InChI=1S/C16H21Cl2NO2/c1-21-16(20)15(13-9-8-11(17)10-14(13)18)19-12-6-4-2-3-5-7-12/h8-10,12,15,19H,2-7H2,1H3. The van der Waals surface area contributed by atoms with Crippen LogP contribution in [0.15, 0.2) is 18.2 Å². The van der Waals surface area contributed by atoms with Crippen LogP contribution < -0.4 is 5.32 Å². The molecule has 1 aliphatic rings. The van der Waals surface area contributed by atoms with Gasteiger partial charge < -0.3 is 4.74 Å². The number of carbonyl (C=O) groups is 1. The minimum Gasteiger partial charge on any atom is -0.468 e. The fraction of sp³-hybridized carbons (Fsp3) is 0.562. The monoisotopic (exact) mass is 329 g/mol. The SMILES string of the molecule is COC(=O)C(NC1CCCCCC1)c1ccc(Cl)cc1Cl. The Bertz CT molecular complexity index is 485. The van der Waals surface area contributed by atoms with Crippen LogP contribution in [0, 0.1) is 0 Å². The van der Waals surface area contributed by atoms with E-state index >= 15 is 0 Å². The lowest BCUT2D eigenvalue weighted by Crippen LogP contribution is -2.37. The second kappa shape index (κ2) is 8.02. The van der Waals surface area contributed by atoms with Crippen molar-refractivity contribution in [2.45, 2.75) is 50.6 Å². The fourth-order valence-electron chi connectivity index (χ4n) is 2.82. The van der Waals surface area contributed by atoms with E-state index in [0.29, 0.717) is 16.1 Å². The minimum atomic E-state index is -0.539. The summed E-state index contributed by atoms with van der Waals surface area (Å²) in [7, 11) is 1.40. The lowest BCUT2D eigenvalue weighted by molar-refractivity contribution is -0.143. The maximum Gasteiger partial charge on any atom is 0.327 e. The van der Waals surface area contributed by atoms with Gasteiger partial charge >= 0.3 is 5.97 Å². The molecular formula is C16H21Cl2NO2. The molecule has 2 rings (SSSR count). The summed E-state index contributed by atoms with van der Waals surface area (Å²) in [6, 6.07) is 4.97. The zero-order valence-corrected chi connectivity index (χ0v) is 13.7. The lowest BCUT2D eigenvalue weighted by Gasteiger charge is -2.24. The Hall–Kier alpha value is -0.770. The molecule has 0 aromatic heterocycles. The maximum absolute atomic E-state index is 12.1. The minimum absolute atomic E-state index is 0.316. The quantitative estimate of drug-likeness (QED) is 0.651. The van der Waals surface area contributed by atoms with Crippen molar-refractivity contribution in [2.75, 3.05) is 7.11 Å². The van der Waals surface area contributed by atoms with E-state index < -0.39 is 6.04 Å². The molecule has 1 N–H and O–H groups in total. The van der Waals surface area contributed by atoms with Crippen LogP contribution in [0.3, 0.4) is 0 Å². The second-order valence-electron chi connectivity index (χ2n) is 5.48. The van der Waals surface area contributed by atoms with Gasteiger partial charge in [-0.05, 0) is 30.5 Å². The number of halogens is 2. The lowest BCUT2D eigenvalue weighted by atomic mass is 10.0. The Morgan fingerprint density at radius 3 is 2.48 bits per heavy atom. The number of benzene rings is 1. The van der Waals surface area contributed by atoms with Crippen molar-refractivity contribution in [1.29, 1.82) is 0 Å². The number of methoxy groups -OCH3 is 1. The molecule has 1 atom stereocenters. The van der Waals surface area contributed by atoms with E-state index in [0.717, 1.165) is 18.4 Å². The Labute approximate surface area is 136 Å². The van der Waals surface area contributed by atoms with Gasteiger partial charge in [-0.1, -0.05) is 55.0 Å². The van der Waals surface area contributed by atoms with Gasteiger partial charge in [-0.3, -0.25) is 5.32 Å². The van der Waals surface area contributed by atoms with Crippen LogP contribution >= 0.6 is 23.2 Å². The highest BCUT2D eigenvalue weighted by Gasteiger charge is 2.27. The zero-order valence-electron chi connectivity index (χ0n) is 12.2. The third-order valence-electron chi connectivity index (χ3n) is 3.97. The summed E-state index contributed by atoms with van der Waals surface area (Å²) in [6.45, 7) is 0. The third-order valence-corrected chi connectivity index (χ3v) is 4.53. The Kier molecular flexibility index (Phi) is 6.34. The molecule has 1 aromatic rings. The van der Waals surface area contributed by atoms with Crippen LogP contribution in [0.2, 0.25) is 10.0 Å². The van der Waals surface area contributed by atoms with Gasteiger partial charge in [0, 0.05) is 16.1 Å². The number of ether oxygens (including phenoxy) is 1. The fourth-order valence-corrected chi connectivity index (χ4v) is 3.34. The molecule has 1 aliphatic carbocycles. The van der Waals surface area contributed by atoms with Crippen LogP contribution in [-0.4, -0.2) is 19.1 Å². The Balaban J connectivity index is 2.19. The highest BCUT2D eigenvalue weighted by atomic mass is 35.5. The number of rotatable bonds is 4. The van der Waals surface area contributed by atoms with Crippen molar-refractivity contribution in [1.82, 2.24) is 5.32 Å². The van der Waals surface area contributed by atoms with Crippen LogP contribution in [-0.2, 0) is 9.53 Å². The van der Waals surface area contributed by atoms with Crippen molar-refractivity contribution >= 4 is 29.2 Å².